The van der Waals surface area contributed by atoms with Crippen molar-refractivity contribution in [1.82, 2.24) is 0 Å². The molecule has 0 unspecified atom stereocenters. The monoisotopic (exact) mass is 396 g/mol. The third-order valence-electron chi connectivity index (χ3n) is 1.87. The second kappa shape index (κ2) is 6.86. The first kappa shape index (κ1) is 22.0. The maximum atomic E-state index is 12.1. The number of halogens is 9. The molecule has 0 aromatic carbocycles. The van der Waals surface area contributed by atoms with Gasteiger partial charge in [0.25, 0.3) is 0 Å². The number of alkyl halides is 9. The van der Waals surface area contributed by atoms with Gasteiger partial charge in [-0.25, -0.2) is 14.4 Å². The predicted octanol–water partition coefficient (Wildman–Crippen LogP) is 2.26. The average Bonchev–Trinajstić information content (AvgIpc) is 2.34. The SMILES string of the molecule is CC[Si](OC(=O)C(F)(F)F)(OC(=O)C(F)(F)F)OC(=O)C(F)(F)F. The van der Waals surface area contributed by atoms with Gasteiger partial charge in [-0.2, -0.15) is 39.5 Å². The van der Waals surface area contributed by atoms with Crippen molar-refractivity contribution in [3.63, 3.8) is 0 Å². The normalized spacial score (nSPS) is 13.2. The van der Waals surface area contributed by atoms with Crippen LogP contribution >= 0.6 is 0 Å². The summed E-state index contributed by atoms with van der Waals surface area (Å²) in [4.78, 5) is 31.9. The van der Waals surface area contributed by atoms with E-state index < -0.39 is 51.3 Å². The molecule has 0 bridgehead atoms. The van der Waals surface area contributed by atoms with E-state index in [9.17, 15) is 53.9 Å². The molecule has 0 fully saturated rings. The van der Waals surface area contributed by atoms with Crippen LogP contribution in [0.4, 0.5) is 39.5 Å². The Kier molecular flexibility index (Phi) is 6.28. The summed E-state index contributed by atoms with van der Waals surface area (Å²) in [6, 6.07) is -1.38. The van der Waals surface area contributed by atoms with E-state index in [4.69, 9.17) is 0 Å². The highest BCUT2D eigenvalue weighted by Gasteiger charge is 2.61. The van der Waals surface area contributed by atoms with E-state index in [1.165, 1.54) is 0 Å². The minimum absolute atomic E-state index is 0.573. The smallest absolute Gasteiger partial charge is 0.448 e. The molecule has 0 atom stereocenters. The van der Waals surface area contributed by atoms with Gasteiger partial charge < -0.3 is 13.3 Å². The molecule has 0 aromatic rings. The number of carbonyl (C=O) groups excluding carboxylic acids is 3. The average molecular weight is 396 g/mol. The van der Waals surface area contributed by atoms with E-state index in [0.717, 1.165) is 0 Å². The van der Waals surface area contributed by atoms with Gasteiger partial charge in [-0.1, -0.05) is 6.92 Å². The minimum atomic E-state index is -6.00. The molecule has 0 radical (unpaired) electrons. The van der Waals surface area contributed by atoms with Gasteiger partial charge in [-0.15, -0.1) is 0 Å². The van der Waals surface area contributed by atoms with E-state index in [2.05, 4.69) is 13.3 Å². The molecule has 0 N–H and O–H groups in total. The van der Waals surface area contributed by atoms with Crippen molar-refractivity contribution in [1.29, 1.82) is 0 Å². The summed E-state index contributed by atoms with van der Waals surface area (Å²) in [6.07, 6.45) is -17.6. The summed E-state index contributed by atoms with van der Waals surface area (Å²) in [5, 5.41) is 0. The molecule has 0 aliphatic carbocycles. The lowest BCUT2D eigenvalue weighted by Crippen LogP contribution is -2.55. The molecule has 140 valence electrons. The Morgan fingerprint density at radius 2 is 0.875 bits per heavy atom. The third kappa shape index (κ3) is 6.24. The molecule has 0 aromatic heterocycles. The van der Waals surface area contributed by atoms with Crippen molar-refractivity contribution >= 4 is 26.7 Å². The molecular weight excluding hydrogens is 391 g/mol. The lowest BCUT2D eigenvalue weighted by atomic mass is 10.7. The largest absolute Gasteiger partial charge is 0.705 e. The Labute approximate surface area is 126 Å². The first-order valence-electron chi connectivity index (χ1n) is 5.35. The Balaban J connectivity index is 5.73. The van der Waals surface area contributed by atoms with Crippen molar-refractivity contribution in [3.05, 3.63) is 0 Å². The van der Waals surface area contributed by atoms with Crippen LogP contribution in [0.2, 0.25) is 6.04 Å². The van der Waals surface area contributed by atoms with Crippen LogP contribution in [0.15, 0.2) is 0 Å². The Morgan fingerprint density at radius 3 is 1.00 bits per heavy atom. The van der Waals surface area contributed by atoms with Crippen LogP contribution in [0.1, 0.15) is 6.92 Å². The number of rotatable bonds is 4. The highest BCUT2D eigenvalue weighted by Crippen LogP contribution is 2.29. The fraction of sp³-hybridized carbons (Fsp3) is 0.625. The van der Waals surface area contributed by atoms with Crippen LogP contribution in [0.3, 0.4) is 0 Å². The van der Waals surface area contributed by atoms with Crippen LogP contribution in [0, 0.1) is 0 Å². The zero-order valence-electron chi connectivity index (χ0n) is 11.1. The lowest BCUT2D eigenvalue weighted by Gasteiger charge is -2.27. The van der Waals surface area contributed by atoms with Gasteiger partial charge in [0.1, 0.15) is 0 Å². The highest BCUT2D eigenvalue weighted by molar-refractivity contribution is 6.65. The number of hydrogen-bond donors (Lipinski definition) is 0. The Hall–Kier alpha value is -2.00. The van der Waals surface area contributed by atoms with Crippen LogP contribution in [0.5, 0.6) is 0 Å². The van der Waals surface area contributed by atoms with Crippen molar-refractivity contribution in [2.45, 2.75) is 31.5 Å². The van der Waals surface area contributed by atoms with E-state index in [0.29, 0.717) is 6.92 Å². The molecule has 0 heterocycles. The summed E-state index contributed by atoms with van der Waals surface area (Å²) in [5.41, 5.74) is 0. The lowest BCUT2D eigenvalue weighted by molar-refractivity contribution is -0.209. The highest BCUT2D eigenvalue weighted by atomic mass is 28.4. The fourth-order valence-electron chi connectivity index (χ4n) is 0.876. The predicted molar refractivity (Wildman–Crippen MR) is 52.7 cm³/mol. The summed E-state index contributed by atoms with van der Waals surface area (Å²) >= 11 is 0. The first-order chi connectivity index (χ1) is 10.4. The zero-order valence-corrected chi connectivity index (χ0v) is 12.1. The molecule has 0 saturated carbocycles. The molecule has 0 aliphatic rings. The second-order valence-corrected chi connectivity index (χ2v) is 6.38. The quantitative estimate of drug-likeness (QED) is 0.536. The van der Waals surface area contributed by atoms with Crippen LogP contribution in [-0.4, -0.2) is 45.2 Å². The van der Waals surface area contributed by atoms with Gasteiger partial charge in [0.2, 0.25) is 0 Å². The topological polar surface area (TPSA) is 78.9 Å². The summed E-state index contributed by atoms with van der Waals surface area (Å²) < 4.78 is 119. The van der Waals surface area contributed by atoms with Crippen LogP contribution < -0.4 is 0 Å². The van der Waals surface area contributed by atoms with Gasteiger partial charge >= 0.3 is 45.2 Å². The zero-order chi connectivity index (χ0) is 19.6. The second-order valence-electron chi connectivity index (χ2n) is 3.70. The van der Waals surface area contributed by atoms with Crippen molar-refractivity contribution in [2.75, 3.05) is 0 Å². The van der Waals surface area contributed by atoms with Crippen molar-refractivity contribution in [3.8, 4) is 0 Å². The maximum absolute atomic E-state index is 12.1. The standard InChI is InChI=1S/C8H5F9O6Si/c1-2-24(21-3(18)6(9,10)11,22-4(19)7(12,13)14)23-5(20)8(15,16)17/h2H2,1H3. The molecule has 24 heavy (non-hydrogen) atoms. The molecule has 6 nitrogen and oxygen atoms in total. The number of carbonyl (C=O) groups is 3. The van der Waals surface area contributed by atoms with Gasteiger partial charge in [0.15, 0.2) is 0 Å². The molecule has 0 spiro atoms. The van der Waals surface area contributed by atoms with Crippen molar-refractivity contribution < 1.29 is 67.2 Å². The minimum Gasteiger partial charge on any atom is -0.448 e. The van der Waals surface area contributed by atoms with E-state index in [-0.39, 0.29) is 0 Å². The van der Waals surface area contributed by atoms with Gasteiger partial charge in [-0.05, 0) is 0 Å². The third-order valence-corrected chi connectivity index (χ3v) is 4.23. The van der Waals surface area contributed by atoms with Crippen LogP contribution in [-0.2, 0) is 27.7 Å². The Morgan fingerprint density at radius 1 is 0.667 bits per heavy atom. The van der Waals surface area contributed by atoms with E-state index >= 15 is 0 Å². The van der Waals surface area contributed by atoms with Crippen molar-refractivity contribution in [2.24, 2.45) is 0 Å². The molecule has 0 aliphatic heterocycles. The Bertz CT molecular complexity index is 438. The molecule has 0 amide bonds. The number of hydrogen-bond acceptors (Lipinski definition) is 6. The maximum Gasteiger partial charge on any atom is 0.705 e. The van der Waals surface area contributed by atoms with Gasteiger partial charge in [-0.3, -0.25) is 0 Å². The summed E-state index contributed by atoms with van der Waals surface area (Å²) in [6.45, 7) is 0.573. The van der Waals surface area contributed by atoms with Gasteiger partial charge in [0, 0.05) is 0 Å². The molecular formula is C8H5F9O6Si. The molecule has 16 heteroatoms. The van der Waals surface area contributed by atoms with E-state index in [1.54, 1.807) is 0 Å². The molecule has 0 saturated heterocycles. The van der Waals surface area contributed by atoms with Gasteiger partial charge in [0.05, 0.1) is 6.04 Å². The van der Waals surface area contributed by atoms with Crippen LogP contribution in [0.25, 0.3) is 0 Å². The summed E-state index contributed by atoms with van der Waals surface area (Å²) in [5.74, 6) is -9.91. The summed E-state index contributed by atoms with van der Waals surface area (Å²) in [7, 11) is -6.00. The fourth-order valence-corrected chi connectivity index (χ4v) is 2.63. The van der Waals surface area contributed by atoms with E-state index in [1.807, 2.05) is 0 Å². The molecule has 0 rings (SSSR count). The first-order valence-corrected chi connectivity index (χ1v) is 7.28.